The molecule has 38 valence electrons. The van der Waals surface area contributed by atoms with Crippen LogP contribution in [0.4, 0.5) is 0 Å². The van der Waals surface area contributed by atoms with Gasteiger partial charge in [-0.1, -0.05) is 12.0 Å². The van der Waals surface area contributed by atoms with Crippen LogP contribution < -0.4 is 51.4 Å². The monoisotopic (exact) mass is 134 g/mol. The van der Waals surface area contributed by atoms with Crippen LogP contribution in [0.3, 0.4) is 0 Å². The molecule has 0 aliphatic rings. The summed E-state index contributed by atoms with van der Waals surface area (Å²) >= 11 is 0. The van der Waals surface area contributed by atoms with Crippen LogP contribution >= 0.6 is 0 Å². The van der Waals surface area contributed by atoms with E-state index in [9.17, 15) is 0 Å². The third-order valence-corrected chi connectivity index (χ3v) is 0.986. The molecule has 0 aliphatic carbocycles. The van der Waals surface area contributed by atoms with Crippen molar-refractivity contribution in [2.45, 2.75) is 6.92 Å². The largest absolute Gasteiger partial charge is 1.00 e. The molecular formula is C5H7KN2. The van der Waals surface area contributed by atoms with Crippen molar-refractivity contribution in [3.05, 3.63) is 18.2 Å². The van der Waals surface area contributed by atoms with Crippen molar-refractivity contribution in [1.82, 2.24) is 9.55 Å². The van der Waals surface area contributed by atoms with Crippen molar-refractivity contribution in [3.8, 4) is 0 Å². The molecule has 0 N–H and O–H groups in total. The third-order valence-electron chi connectivity index (χ3n) is 0.986. The van der Waals surface area contributed by atoms with Crippen molar-refractivity contribution in [3.63, 3.8) is 0 Å². The van der Waals surface area contributed by atoms with E-state index in [4.69, 9.17) is 0 Å². The van der Waals surface area contributed by atoms with Crippen LogP contribution in [0.25, 0.3) is 0 Å². The van der Waals surface area contributed by atoms with E-state index in [1.165, 1.54) is 0 Å². The molecule has 0 fully saturated rings. The van der Waals surface area contributed by atoms with Crippen LogP contribution in [0.15, 0.2) is 6.33 Å². The number of rotatable bonds is 0. The van der Waals surface area contributed by atoms with Gasteiger partial charge in [-0.15, -0.1) is 6.20 Å². The summed E-state index contributed by atoms with van der Waals surface area (Å²) in [5.74, 6) is 0. The second kappa shape index (κ2) is 3.79. The van der Waals surface area contributed by atoms with Crippen molar-refractivity contribution in [1.29, 1.82) is 0 Å². The molecule has 0 atom stereocenters. The van der Waals surface area contributed by atoms with Gasteiger partial charge in [-0.3, -0.25) is 0 Å². The number of imidazole rings is 1. The predicted molar refractivity (Wildman–Crippen MR) is 26.8 cm³/mol. The Morgan fingerprint density at radius 1 is 1.75 bits per heavy atom. The maximum Gasteiger partial charge on any atom is 1.00 e. The standard InChI is InChI=1S/C5H7N2.K/c1-5-3-6-4-7(5)2;/h4H,1-2H3;/q-1;+1. The van der Waals surface area contributed by atoms with Crippen molar-refractivity contribution in [2.24, 2.45) is 7.05 Å². The van der Waals surface area contributed by atoms with Crippen LogP contribution in [0, 0.1) is 13.1 Å². The molecule has 0 saturated carbocycles. The second-order valence-corrected chi connectivity index (χ2v) is 1.55. The van der Waals surface area contributed by atoms with Crippen molar-refractivity contribution >= 4 is 0 Å². The van der Waals surface area contributed by atoms with E-state index in [-0.39, 0.29) is 51.4 Å². The van der Waals surface area contributed by atoms with Gasteiger partial charge in [0.05, 0.1) is 0 Å². The summed E-state index contributed by atoms with van der Waals surface area (Å²) < 4.78 is 1.92. The maximum atomic E-state index is 3.76. The summed E-state index contributed by atoms with van der Waals surface area (Å²) in [7, 11) is 1.94. The summed E-state index contributed by atoms with van der Waals surface area (Å²) in [6, 6.07) is 0. The number of hydrogen-bond acceptors (Lipinski definition) is 1. The minimum absolute atomic E-state index is 0. The fourth-order valence-electron chi connectivity index (χ4n) is 0.374. The Bertz CT molecular complexity index is 143. The maximum absolute atomic E-state index is 3.76. The quantitative estimate of drug-likeness (QED) is 0.284. The molecule has 3 heteroatoms. The summed E-state index contributed by atoms with van der Waals surface area (Å²) in [5.41, 5.74) is 1.07. The molecule has 1 rings (SSSR count). The van der Waals surface area contributed by atoms with Crippen LogP contribution in [0.2, 0.25) is 0 Å². The van der Waals surface area contributed by atoms with Gasteiger partial charge in [-0.05, 0) is 14.0 Å². The van der Waals surface area contributed by atoms with Crippen LogP contribution in [-0.4, -0.2) is 9.55 Å². The molecule has 1 aromatic heterocycles. The first-order valence-corrected chi connectivity index (χ1v) is 2.16. The van der Waals surface area contributed by atoms with Gasteiger partial charge in [-0.2, -0.15) is 0 Å². The van der Waals surface area contributed by atoms with Gasteiger partial charge in [0.15, 0.2) is 0 Å². The Labute approximate surface area is 91.7 Å². The second-order valence-electron chi connectivity index (χ2n) is 1.55. The smallest absolute Gasteiger partial charge is 0.442 e. The zero-order valence-corrected chi connectivity index (χ0v) is 8.59. The van der Waals surface area contributed by atoms with E-state index >= 15 is 0 Å². The Morgan fingerprint density at radius 3 is 2.50 bits per heavy atom. The van der Waals surface area contributed by atoms with Gasteiger partial charge in [0.25, 0.3) is 0 Å². The van der Waals surface area contributed by atoms with Gasteiger partial charge in [0, 0.05) is 0 Å². The summed E-state index contributed by atoms with van der Waals surface area (Å²) in [6.45, 7) is 1.97. The minimum atomic E-state index is 0. The first-order valence-electron chi connectivity index (χ1n) is 2.16. The molecule has 8 heavy (non-hydrogen) atoms. The Morgan fingerprint density at radius 2 is 2.38 bits per heavy atom. The molecular weight excluding hydrogens is 127 g/mol. The van der Waals surface area contributed by atoms with E-state index in [1.54, 1.807) is 6.33 Å². The predicted octanol–water partition coefficient (Wildman–Crippen LogP) is -2.47. The van der Waals surface area contributed by atoms with Crippen molar-refractivity contribution in [2.75, 3.05) is 0 Å². The molecule has 1 aromatic rings. The van der Waals surface area contributed by atoms with Crippen LogP contribution in [0.5, 0.6) is 0 Å². The van der Waals surface area contributed by atoms with E-state index in [1.807, 2.05) is 18.5 Å². The molecule has 0 spiro atoms. The fraction of sp³-hybridized carbons (Fsp3) is 0.400. The van der Waals surface area contributed by atoms with E-state index in [2.05, 4.69) is 11.2 Å². The van der Waals surface area contributed by atoms with Crippen LogP contribution in [-0.2, 0) is 7.05 Å². The molecule has 0 unspecified atom stereocenters. The van der Waals surface area contributed by atoms with Gasteiger partial charge in [-0.25, -0.2) is 0 Å². The average Bonchev–Trinajstić information content (AvgIpc) is 1.91. The van der Waals surface area contributed by atoms with Gasteiger partial charge in [0.1, 0.15) is 0 Å². The summed E-state index contributed by atoms with van der Waals surface area (Å²) in [6.07, 6.45) is 4.51. The molecule has 0 aromatic carbocycles. The zero-order chi connectivity index (χ0) is 5.28. The Balaban J connectivity index is 0.000000490. The van der Waals surface area contributed by atoms with Crippen LogP contribution in [0.1, 0.15) is 5.69 Å². The number of aryl methyl sites for hydroxylation is 2. The van der Waals surface area contributed by atoms with E-state index < -0.39 is 0 Å². The van der Waals surface area contributed by atoms with Crippen molar-refractivity contribution < 1.29 is 51.4 Å². The topological polar surface area (TPSA) is 17.8 Å². The molecule has 1 heterocycles. The Kier molecular flexibility index (Phi) is 4.19. The molecule has 0 bridgehead atoms. The zero-order valence-electron chi connectivity index (χ0n) is 5.47. The fourth-order valence-corrected chi connectivity index (χ4v) is 0.374. The molecule has 0 aliphatic heterocycles. The van der Waals surface area contributed by atoms with Gasteiger partial charge < -0.3 is 9.55 Å². The number of hydrogen-bond donors (Lipinski definition) is 0. The first-order chi connectivity index (χ1) is 3.30. The molecule has 0 saturated heterocycles. The Hall–Kier alpha value is 0.846. The number of aromatic nitrogens is 2. The molecule has 0 amide bonds. The van der Waals surface area contributed by atoms with Gasteiger partial charge in [0.2, 0.25) is 0 Å². The van der Waals surface area contributed by atoms with E-state index in [0.717, 1.165) is 5.69 Å². The SMILES string of the molecule is Cc1[c-]ncn1C.[K+]. The molecule has 0 radical (unpaired) electrons. The summed E-state index contributed by atoms with van der Waals surface area (Å²) in [5, 5.41) is 0. The van der Waals surface area contributed by atoms with Gasteiger partial charge >= 0.3 is 51.4 Å². The minimum Gasteiger partial charge on any atom is -0.442 e. The van der Waals surface area contributed by atoms with E-state index in [0.29, 0.717) is 0 Å². The molecule has 2 nitrogen and oxygen atoms in total. The average molecular weight is 134 g/mol. The third kappa shape index (κ3) is 1.99. The number of nitrogens with zero attached hydrogens (tertiary/aromatic N) is 2. The first kappa shape index (κ1) is 8.85. The normalized spacial score (nSPS) is 8.25. The summed E-state index contributed by atoms with van der Waals surface area (Å²) in [4.78, 5) is 3.76.